The number of carbonyl (C=O) groups excluding carboxylic acids is 5. The maximum Gasteiger partial charge on any atom is 0.324 e. The van der Waals surface area contributed by atoms with Gasteiger partial charge in [0.1, 0.15) is 23.9 Å². The molecular weight excluding hydrogens is 889 g/mol. The SMILES string of the molecule is CCn1c(-c2cnccc2[C@H](C)OC)c2c3cc(ccc31)-c1cc(O)cc(c1)C[C@H](NC(=O)[C@H](C(C)C)N(C)C(=O)[C@H]1CCN(C(=O)C(C)(C)N(C)C)C1)C(=O)N1CCC[C@H](N1)C(=O)OCC(C)(C)C2. The topological polar surface area (TPSA) is 179 Å². The molecule has 16 heteroatoms. The lowest BCUT2D eigenvalue weighted by Crippen LogP contribution is -2.62. The summed E-state index contributed by atoms with van der Waals surface area (Å²) in [5.74, 6) is -2.66. The fourth-order valence-corrected chi connectivity index (χ4v) is 10.4. The number of phenols is 1. The molecule has 0 unspecified atom stereocenters. The summed E-state index contributed by atoms with van der Waals surface area (Å²) >= 11 is 0. The Labute approximate surface area is 413 Å². The summed E-state index contributed by atoms with van der Waals surface area (Å²) < 4.78 is 14.3. The monoisotopic (exact) mass is 963 g/mol. The van der Waals surface area contributed by atoms with Crippen LogP contribution in [0.1, 0.15) is 97.4 Å². The molecule has 70 heavy (non-hydrogen) atoms. The Balaban J connectivity index is 1.27. The number of ether oxygens (including phenoxy) is 2. The fourth-order valence-electron chi connectivity index (χ4n) is 10.4. The summed E-state index contributed by atoms with van der Waals surface area (Å²) in [6.07, 6.45) is 5.39. The third kappa shape index (κ3) is 10.6. The Kier molecular flexibility index (Phi) is 15.5. The Morgan fingerprint density at radius 2 is 1.77 bits per heavy atom. The van der Waals surface area contributed by atoms with Crippen LogP contribution in [-0.4, -0.2) is 142 Å². The number of rotatable bonds is 11. The van der Waals surface area contributed by atoms with Gasteiger partial charge in [0.05, 0.1) is 29.9 Å². The normalized spacial score (nSPS) is 20.9. The van der Waals surface area contributed by atoms with E-state index in [0.29, 0.717) is 44.3 Å². The Morgan fingerprint density at radius 1 is 1.03 bits per heavy atom. The number of likely N-dealkylation sites (N-methyl/N-ethyl adjacent to an activating group) is 2. The zero-order valence-corrected chi connectivity index (χ0v) is 43.2. The first kappa shape index (κ1) is 52.0. The molecule has 5 atom stereocenters. The molecule has 3 aliphatic heterocycles. The van der Waals surface area contributed by atoms with Crippen molar-refractivity contribution in [2.75, 3.05) is 54.5 Å². The average Bonchev–Trinajstić information content (AvgIpc) is 3.94. The zero-order chi connectivity index (χ0) is 51.0. The van der Waals surface area contributed by atoms with Crippen LogP contribution in [0.25, 0.3) is 33.3 Å². The molecule has 4 aromatic rings. The molecule has 5 heterocycles. The molecule has 2 fully saturated rings. The first-order valence-electron chi connectivity index (χ1n) is 24.8. The van der Waals surface area contributed by atoms with Gasteiger partial charge in [-0.2, -0.15) is 0 Å². The quantitative estimate of drug-likeness (QED) is 0.148. The number of likely N-dealkylation sites (tertiary alicyclic amines) is 1. The lowest BCUT2D eigenvalue weighted by atomic mass is 9.84. The van der Waals surface area contributed by atoms with Gasteiger partial charge in [0.25, 0.3) is 5.91 Å². The number of fused-ring (bicyclic) bond motifs is 6. The summed E-state index contributed by atoms with van der Waals surface area (Å²) in [4.78, 5) is 80.8. The number of pyridine rings is 1. The zero-order valence-electron chi connectivity index (χ0n) is 43.2. The number of esters is 1. The highest BCUT2D eigenvalue weighted by atomic mass is 16.5. The summed E-state index contributed by atoms with van der Waals surface area (Å²) in [6.45, 7) is 17.4. The van der Waals surface area contributed by atoms with Crippen LogP contribution in [0.3, 0.4) is 0 Å². The average molecular weight is 963 g/mol. The summed E-state index contributed by atoms with van der Waals surface area (Å²) in [5.41, 5.74) is 8.98. The number of nitrogens with zero attached hydrogens (tertiary/aromatic N) is 6. The number of benzene rings is 2. The molecule has 2 aromatic heterocycles. The lowest BCUT2D eigenvalue weighted by Gasteiger charge is -2.37. The molecule has 0 spiro atoms. The fraction of sp³-hybridized carbons (Fsp3) is 0.556. The first-order chi connectivity index (χ1) is 33.1. The number of amides is 4. The van der Waals surface area contributed by atoms with Crippen molar-refractivity contribution in [1.82, 2.24) is 40.0 Å². The van der Waals surface area contributed by atoms with Gasteiger partial charge in [-0.3, -0.25) is 38.9 Å². The van der Waals surface area contributed by atoms with Crippen LogP contribution in [0.15, 0.2) is 54.9 Å². The molecule has 378 valence electrons. The van der Waals surface area contributed by atoms with Crippen LogP contribution in [-0.2, 0) is 52.8 Å². The number of carbonyl (C=O) groups is 5. The van der Waals surface area contributed by atoms with E-state index in [2.05, 4.69) is 53.2 Å². The lowest BCUT2D eigenvalue weighted by molar-refractivity contribution is -0.155. The Hall–Kier alpha value is -5.84. The molecule has 0 aliphatic carbocycles. The summed E-state index contributed by atoms with van der Waals surface area (Å²) in [7, 11) is 7.00. The third-order valence-electron chi connectivity index (χ3n) is 14.9. The maximum absolute atomic E-state index is 14.8. The third-order valence-corrected chi connectivity index (χ3v) is 14.9. The number of phenolic OH excluding ortho intramolecular Hbond substituents is 1. The molecule has 4 amide bonds. The molecule has 2 aromatic carbocycles. The molecular formula is C54H74N8O8. The van der Waals surface area contributed by atoms with E-state index in [1.165, 1.54) is 9.91 Å². The van der Waals surface area contributed by atoms with Crippen LogP contribution in [0.4, 0.5) is 0 Å². The predicted molar refractivity (Wildman–Crippen MR) is 269 cm³/mol. The molecule has 7 rings (SSSR count). The molecule has 3 aliphatic rings. The number of hydrazine groups is 1. The van der Waals surface area contributed by atoms with Crippen molar-refractivity contribution in [1.29, 1.82) is 0 Å². The van der Waals surface area contributed by atoms with Crippen molar-refractivity contribution >= 4 is 40.5 Å². The van der Waals surface area contributed by atoms with Gasteiger partial charge in [0.2, 0.25) is 17.7 Å². The highest BCUT2D eigenvalue weighted by Crippen LogP contribution is 2.42. The molecule has 3 N–H and O–H groups in total. The standard InChI is InChI=1S/C54H74N8O8/c1-13-61-45-17-16-35-27-40(45)41(47(61)42-29-55-20-18-39(42)33(4)69-12)28-53(5,6)31-70-51(67)43-15-14-21-62(57-43)50(66)44(25-34-23-37(35)26-38(63)24-34)56-48(64)46(32(2)3)59(11)49(65)36-19-22-60(30-36)52(68)54(7,8)58(9)10/h16-18,20,23-24,26-27,29,32-33,36,43-44,46,57,63H,13-15,19,21-22,25,28,30-31H2,1-12H3,(H,56,64)/t33-,36-,43-,44-,46-/m0/s1. The predicted octanol–water partition coefficient (Wildman–Crippen LogP) is 6.12. The first-order valence-corrected chi connectivity index (χ1v) is 24.8. The van der Waals surface area contributed by atoms with Crippen molar-refractivity contribution in [2.24, 2.45) is 17.3 Å². The number of methoxy groups -OCH3 is 1. The van der Waals surface area contributed by atoms with Crippen LogP contribution in [0.5, 0.6) is 5.75 Å². The van der Waals surface area contributed by atoms with Gasteiger partial charge in [-0.05, 0) is 132 Å². The van der Waals surface area contributed by atoms with Crippen molar-refractivity contribution in [3.8, 4) is 28.1 Å². The van der Waals surface area contributed by atoms with Crippen molar-refractivity contribution in [3.63, 3.8) is 0 Å². The van der Waals surface area contributed by atoms with Gasteiger partial charge in [0.15, 0.2) is 0 Å². The van der Waals surface area contributed by atoms with Crippen LogP contribution >= 0.6 is 0 Å². The van der Waals surface area contributed by atoms with E-state index in [9.17, 15) is 29.1 Å². The number of aromatic hydroxyl groups is 1. The summed E-state index contributed by atoms with van der Waals surface area (Å²) in [6, 6.07) is 10.5. The minimum absolute atomic E-state index is 0.0105. The Bertz CT molecular complexity index is 2620. The van der Waals surface area contributed by atoms with Crippen LogP contribution in [0, 0.1) is 17.3 Å². The highest BCUT2D eigenvalue weighted by Gasteiger charge is 2.43. The van der Waals surface area contributed by atoms with Gasteiger partial charge in [0, 0.05) is 81.0 Å². The van der Waals surface area contributed by atoms with Crippen molar-refractivity contribution in [3.05, 3.63) is 71.5 Å². The second-order valence-corrected chi connectivity index (χ2v) is 21.4. The van der Waals surface area contributed by atoms with Gasteiger partial charge >= 0.3 is 5.97 Å². The number of aromatic nitrogens is 2. The van der Waals surface area contributed by atoms with Crippen LogP contribution in [0.2, 0.25) is 0 Å². The van der Waals surface area contributed by atoms with E-state index in [1.54, 1.807) is 37.4 Å². The number of cyclic esters (lactones) is 1. The van der Waals surface area contributed by atoms with Gasteiger partial charge in [-0.1, -0.05) is 39.8 Å². The molecule has 0 radical (unpaired) electrons. The van der Waals surface area contributed by atoms with Gasteiger partial charge in [-0.15, -0.1) is 0 Å². The molecule has 0 saturated carbocycles. The molecule has 6 bridgehead atoms. The van der Waals surface area contributed by atoms with E-state index in [1.807, 2.05) is 78.0 Å². The highest BCUT2D eigenvalue weighted by molar-refractivity contribution is 5.96. The van der Waals surface area contributed by atoms with Crippen molar-refractivity contribution < 1.29 is 38.6 Å². The van der Waals surface area contributed by atoms with E-state index in [-0.39, 0.29) is 55.7 Å². The minimum atomic E-state index is -1.17. The number of hydrogen-bond donors (Lipinski definition) is 3. The van der Waals surface area contributed by atoms with E-state index >= 15 is 0 Å². The number of nitrogens with one attached hydrogen (secondary N) is 2. The smallest absolute Gasteiger partial charge is 0.324 e. The maximum atomic E-state index is 14.8. The second kappa shape index (κ2) is 20.9. The summed E-state index contributed by atoms with van der Waals surface area (Å²) in [5, 5.41) is 16.8. The van der Waals surface area contributed by atoms with Crippen molar-refractivity contribution in [2.45, 2.75) is 124 Å². The molecule has 2 saturated heterocycles. The minimum Gasteiger partial charge on any atom is -0.508 e. The van der Waals surface area contributed by atoms with Crippen LogP contribution < -0.4 is 10.7 Å². The molecule has 16 nitrogen and oxygen atoms in total. The van der Waals surface area contributed by atoms with Gasteiger partial charge in [-0.25, -0.2) is 5.43 Å². The number of hydrogen-bond acceptors (Lipinski definition) is 11. The number of aryl methyl sites for hydroxylation is 1. The Morgan fingerprint density at radius 3 is 2.46 bits per heavy atom. The largest absolute Gasteiger partial charge is 0.508 e. The van der Waals surface area contributed by atoms with Gasteiger partial charge < -0.3 is 34.3 Å². The van der Waals surface area contributed by atoms with E-state index in [0.717, 1.165) is 44.4 Å². The van der Waals surface area contributed by atoms with E-state index < -0.39 is 52.8 Å². The second-order valence-electron chi connectivity index (χ2n) is 21.4. The van der Waals surface area contributed by atoms with E-state index in [4.69, 9.17) is 9.47 Å².